The molecule has 3 nitrogen and oxygen atoms in total. The molecule has 0 fully saturated rings. The number of nitrogens with zero attached hydrogens (tertiary/aromatic N) is 3. The van der Waals surface area contributed by atoms with Gasteiger partial charge in [-0.3, -0.25) is 4.98 Å². The fourth-order valence-electron chi connectivity index (χ4n) is 2.65. The minimum absolute atomic E-state index is 0.710. The van der Waals surface area contributed by atoms with E-state index >= 15 is 0 Å². The summed E-state index contributed by atoms with van der Waals surface area (Å²) in [5.74, 6) is 0.710. The number of hydrogen-bond donors (Lipinski definition) is 0. The molecule has 0 aliphatic carbocycles. The second-order valence-electron chi connectivity index (χ2n) is 5.58. The van der Waals surface area contributed by atoms with Crippen LogP contribution in [0.1, 0.15) is 0 Å². The van der Waals surface area contributed by atoms with Gasteiger partial charge in [-0.05, 0) is 39.2 Å². The maximum atomic E-state index is 4.72. The summed E-state index contributed by atoms with van der Waals surface area (Å²) in [6.45, 7) is 0. The zero-order valence-corrected chi connectivity index (χ0v) is 14.9. The first kappa shape index (κ1) is 15.7. The van der Waals surface area contributed by atoms with E-state index in [-0.39, 0.29) is 0 Å². The van der Waals surface area contributed by atoms with Crippen LogP contribution in [0.4, 0.5) is 0 Å². The molecule has 0 saturated heterocycles. The Bertz CT molecular complexity index is 985. The number of pyridine rings is 1. The number of halogens is 1. The van der Waals surface area contributed by atoms with Crippen molar-refractivity contribution in [3.8, 4) is 33.8 Å². The van der Waals surface area contributed by atoms with Crippen molar-refractivity contribution in [3.05, 3.63) is 89.8 Å². The Hall–Kier alpha value is -2.85. The van der Waals surface area contributed by atoms with Crippen LogP contribution in [0.3, 0.4) is 0 Å². The van der Waals surface area contributed by atoms with Gasteiger partial charge in [0.05, 0.1) is 5.69 Å². The summed E-state index contributed by atoms with van der Waals surface area (Å²) in [5.41, 5.74) is 5.17. The molecule has 0 aliphatic heterocycles. The van der Waals surface area contributed by atoms with Gasteiger partial charge in [-0.1, -0.05) is 60.7 Å². The van der Waals surface area contributed by atoms with Gasteiger partial charge < -0.3 is 0 Å². The monoisotopic (exact) mass is 387 g/mol. The summed E-state index contributed by atoms with van der Waals surface area (Å²) in [4.78, 5) is 13.4. The highest BCUT2D eigenvalue weighted by molar-refractivity contribution is 9.10. The highest BCUT2D eigenvalue weighted by Crippen LogP contribution is 2.27. The molecule has 2 aromatic carbocycles. The number of benzene rings is 2. The standard InChI is InChI=1S/C21H14BrN3/c22-20-13-19(24-21(25-20)17-5-2-1-3-6-17)16-10-8-15(9-11-16)18-7-4-12-23-14-18/h1-14H. The maximum absolute atomic E-state index is 4.72. The lowest BCUT2D eigenvalue weighted by Gasteiger charge is -2.07. The molecule has 0 unspecified atom stereocenters. The molecule has 0 amide bonds. The lowest BCUT2D eigenvalue weighted by molar-refractivity contribution is 1.15. The van der Waals surface area contributed by atoms with E-state index in [1.54, 1.807) is 6.20 Å². The van der Waals surface area contributed by atoms with E-state index in [1.807, 2.05) is 48.7 Å². The van der Waals surface area contributed by atoms with Crippen LogP contribution < -0.4 is 0 Å². The Labute approximate surface area is 154 Å². The van der Waals surface area contributed by atoms with Gasteiger partial charge in [0.15, 0.2) is 5.82 Å². The lowest BCUT2D eigenvalue weighted by Crippen LogP contribution is -1.93. The number of aromatic nitrogens is 3. The summed E-state index contributed by atoms with van der Waals surface area (Å²) in [7, 11) is 0. The van der Waals surface area contributed by atoms with E-state index in [9.17, 15) is 0 Å². The number of hydrogen-bond acceptors (Lipinski definition) is 3. The summed E-state index contributed by atoms with van der Waals surface area (Å²) >= 11 is 3.50. The van der Waals surface area contributed by atoms with Crippen LogP contribution in [-0.4, -0.2) is 15.0 Å². The van der Waals surface area contributed by atoms with E-state index in [2.05, 4.69) is 56.2 Å². The molecule has 0 bridgehead atoms. The minimum atomic E-state index is 0.710. The van der Waals surface area contributed by atoms with E-state index in [0.717, 1.165) is 32.6 Å². The molecule has 4 rings (SSSR count). The predicted molar refractivity (Wildman–Crippen MR) is 104 cm³/mol. The van der Waals surface area contributed by atoms with Crippen molar-refractivity contribution in [1.29, 1.82) is 0 Å². The lowest BCUT2D eigenvalue weighted by atomic mass is 10.0. The molecule has 0 N–H and O–H groups in total. The first-order valence-electron chi connectivity index (χ1n) is 7.90. The average Bonchev–Trinajstić information content (AvgIpc) is 2.69. The van der Waals surface area contributed by atoms with Crippen LogP contribution in [-0.2, 0) is 0 Å². The molecule has 120 valence electrons. The Balaban J connectivity index is 1.71. The van der Waals surface area contributed by atoms with Crippen molar-refractivity contribution in [2.24, 2.45) is 0 Å². The van der Waals surface area contributed by atoms with Crippen molar-refractivity contribution in [2.75, 3.05) is 0 Å². The van der Waals surface area contributed by atoms with Crippen molar-refractivity contribution in [1.82, 2.24) is 15.0 Å². The zero-order chi connectivity index (χ0) is 17.1. The quantitative estimate of drug-likeness (QED) is 0.427. The van der Waals surface area contributed by atoms with Crippen molar-refractivity contribution in [3.63, 3.8) is 0 Å². The topological polar surface area (TPSA) is 38.7 Å². The van der Waals surface area contributed by atoms with Crippen molar-refractivity contribution < 1.29 is 0 Å². The van der Waals surface area contributed by atoms with Gasteiger partial charge in [-0.25, -0.2) is 9.97 Å². The summed E-state index contributed by atoms with van der Waals surface area (Å²) in [5, 5.41) is 0. The average molecular weight is 388 g/mol. The highest BCUT2D eigenvalue weighted by Gasteiger charge is 2.08. The van der Waals surface area contributed by atoms with Crippen LogP contribution in [0, 0.1) is 0 Å². The SMILES string of the molecule is Brc1cc(-c2ccc(-c3cccnc3)cc2)nc(-c2ccccc2)n1. The molecule has 0 saturated carbocycles. The Morgan fingerprint density at radius 1 is 0.640 bits per heavy atom. The van der Waals surface area contributed by atoms with Gasteiger partial charge in [0.25, 0.3) is 0 Å². The molecule has 0 spiro atoms. The van der Waals surface area contributed by atoms with E-state index < -0.39 is 0 Å². The minimum Gasteiger partial charge on any atom is -0.264 e. The van der Waals surface area contributed by atoms with Gasteiger partial charge in [0.2, 0.25) is 0 Å². The van der Waals surface area contributed by atoms with Crippen LogP contribution in [0.5, 0.6) is 0 Å². The van der Waals surface area contributed by atoms with E-state index in [4.69, 9.17) is 4.98 Å². The van der Waals surface area contributed by atoms with Gasteiger partial charge >= 0.3 is 0 Å². The Morgan fingerprint density at radius 2 is 1.36 bits per heavy atom. The molecule has 4 heteroatoms. The number of rotatable bonds is 3. The largest absolute Gasteiger partial charge is 0.264 e. The van der Waals surface area contributed by atoms with Crippen LogP contribution in [0.25, 0.3) is 33.8 Å². The van der Waals surface area contributed by atoms with Gasteiger partial charge in [-0.2, -0.15) is 0 Å². The molecular formula is C21H14BrN3. The third kappa shape index (κ3) is 3.49. The highest BCUT2D eigenvalue weighted by atomic mass is 79.9. The van der Waals surface area contributed by atoms with Crippen LogP contribution in [0.15, 0.2) is 89.8 Å². The molecule has 25 heavy (non-hydrogen) atoms. The molecule has 2 heterocycles. The second kappa shape index (κ2) is 6.95. The molecular weight excluding hydrogens is 374 g/mol. The summed E-state index contributed by atoms with van der Waals surface area (Å²) in [6.07, 6.45) is 3.64. The first-order chi connectivity index (χ1) is 12.3. The molecule has 2 aromatic heterocycles. The van der Waals surface area contributed by atoms with Crippen LogP contribution >= 0.6 is 15.9 Å². The third-order valence-electron chi connectivity index (χ3n) is 3.90. The zero-order valence-electron chi connectivity index (χ0n) is 13.3. The third-order valence-corrected chi connectivity index (χ3v) is 4.31. The summed E-state index contributed by atoms with van der Waals surface area (Å²) in [6, 6.07) is 24.2. The Morgan fingerprint density at radius 3 is 2.08 bits per heavy atom. The fraction of sp³-hybridized carbons (Fsp3) is 0. The first-order valence-corrected chi connectivity index (χ1v) is 8.70. The van der Waals surface area contributed by atoms with Gasteiger partial charge in [0, 0.05) is 23.5 Å². The molecule has 4 aromatic rings. The smallest absolute Gasteiger partial charge is 0.161 e. The Kier molecular flexibility index (Phi) is 4.36. The van der Waals surface area contributed by atoms with E-state index in [0.29, 0.717) is 5.82 Å². The van der Waals surface area contributed by atoms with Crippen molar-refractivity contribution in [2.45, 2.75) is 0 Å². The normalized spacial score (nSPS) is 10.6. The predicted octanol–water partition coefficient (Wildman–Crippen LogP) is 5.64. The van der Waals surface area contributed by atoms with Gasteiger partial charge in [-0.15, -0.1) is 0 Å². The molecule has 0 radical (unpaired) electrons. The summed E-state index contributed by atoms with van der Waals surface area (Å²) < 4.78 is 0.771. The van der Waals surface area contributed by atoms with Crippen LogP contribution in [0.2, 0.25) is 0 Å². The second-order valence-corrected chi connectivity index (χ2v) is 6.40. The van der Waals surface area contributed by atoms with Crippen molar-refractivity contribution >= 4 is 15.9 Å². The fourth-order valence-corrected chi connectivity index (χ4v) is 3.03. The molecule has 0 atom stereocenters. The molecule has 0 aliphatic rings. The van der Waals surface area contributed by atoms with E-state index in [1.165, 1.54) is 0 Å². The van der Waals surface area contributed by atoms with Gasteiger partial charge in [0.1, 0.15) is 4.60 Å². The maximum Gasteiger partial charge on any atom is 0.161 e.